The van der Waals surface area contributed by atoms with Crippen LogP contribution in [0, 0.1) is 6.92 Å². The Morgan fingerprint density at radius 1 is 1.00 bits per heavy atom. The van der Waals surface area contributed by atoms with Crippen LogP contribution >= 0.6 is 0 Å². The van der Waals surface area contributed by atoms with E-state index in [4.69, 9.17) is 30.0 Å². The van der Waals surface area contributed by atoms with Gasteiger partial charge >= 0.3 is 35.9 Å². The first kappa shape index (κ1) is 34.1. The van der Waals surface area contributed by atoms with Crippen LogP contribution in [0.1, 0.15) is 30.4 Å². The summed E-state index contributed by atoms with van der Waals surface area (Å²) in [5, 5.41) is 37.2. The number of carboxylic acids is 3. The number of aryl methyl sites for hydroxylation is 1. The first-order valence-electron chi connectivity index (χ1n) is 10.3. The lowest BCUT2D eigenvalue weighted by molar-refractivity contribution is -0.193. The smallest absolute Gasteiger partial charge is 0.490 e. The number of aromatic hydroxyl groups is 1. The molecule has 17 heteroatoms. The molecule has 0 unspecified atom stereocenters. The van der Waals surface area contributed by atoms with Crippen LogP contribution in [0.2, 0.25) is 0 Å². The topological polar surface area (TPSA) is 200 Å². The fourth-order valence-corrected chi connectivity index (χ4v) is 2.63. The van der Waals surface area contributed by atoms with E-state index in [2.05, 4.69) is 5.32 Å². The van der Waals surface area contributed by atoms with Gasteiger partial charge in [0.2, 0.25) is 0 Å². The zero-order valence-electron chi connectivity index (χ0n) is 19.5. The lowest BCUT2D eigenvalue weighted by atomic mass is 10.0. The summed E-state index contributed by atoms with van der Waals surface area (Å²) in [4.78, 5) is 40.7. The van der Waals surface area contributed by atoms with Gasteiger partial charge in [0.05, 0.1) is 5.56 Å². The molecule has 1 heterocycles. The Morgan fingerprint density at radius 3 is 1.92 bits per heavy atom. The van der Waals surface area contributed by atoms with Crippen molar-refractivity contribution in [2.24, 2.45) is 5.73 Å². The number of alkyl halides is 6. The van der Waals surface area contributed by atoms with Crippen LogP contribution in [0.5, 0.6) is 5.75 Å². The number of carboxylic acid groups (broad SMARTS) is 3. The van der Waals surface area contributed by atoms with Crippen LogP contribution in [0.15, 0.2) is 27.4 Å². The molecule has 0 aliphatic rings. The molecule has 0 spiro atoms. The highest BCUT2D eigenvalue weighted by molar-refractivity contribution is 5.85. The van der Waals surface area contributed by atoms with Crippen LogP contribution in [0.3, 0.4) is 0 Å². The van der Waals surface area contributed by atoms with Gasteiger partial charge in [-0.05, 0) is 44.0 Å². The fraction of sp³-hybridized carbons (Fsp3) is 0.429. The van der Waals surface area contributed by atoms with Gasteiger partial charge in [-0.15, -0.1) is 0 Å². The van der Waals surface area contributed by atoms with Gasteiger partial charge < -0.3 is 35.9 Å². The van der Waals surface area contributed by atoms with Crippen molar-refractivity contribution in [1.29, 1.82) is 0 Å². The summed E-state index contributed by atoms with van der Waals surface area (Å²) in [5.41, 5.74) is 6.30. The molecule has 1 aromatic heterocycles. The largest absolute Gasteiger partial charge is 0.507 e. The molecule has 1 aromatic carbocycles. The van der Waals surface area contributed by atoms with Gasteiger partial charge in [0.15, 0.2) is 0 Å². The Hall–Kier alpha value is -3.86. The van der Waals surface area contributed by atoms with E-state index in [1.165, 1.54) is 12.1 Å². The molecule has 214 valence electrons. The van der Waals surface area contributed by atoms with Crippen molar-refractivity contribution in [3.8, 4) is 5.75 Å². The molecule has 11 nitrogen and oxygen atoms in total. The normalized spacial score (nSPS) is 12.0. The fourth-order valence-electron chi connectivity index (χ4n) is 2.63. The molecule has 0 saturated carbocycles. The second-order valence-electron chi connectivity index (χ2n) is 7.35. The van der Waals surface area contributed by atoms with E-state index in [1.807, 2.05) is 0 Å². The highest BCUT2D eigenvalue weighted by Gasteiger charge is 2.38. The molecular weight excluding hydrogens is 538 g/mol. The number of hydrogen-bond acceptors (Lipinski definition) is 8. The third-order valence-corrected chi connectivity index (χ3v) is 4.45. The van der Waals surface area contributed by atoms with E-state index in [1.54, 1.807) is 13.0 Å². The average Bonchev–Trinajstić information content (AvgIpc) is 2.76. The van der Waals surface area contributed by atoms with E-state index in [0.717, 1.165) is 12.0 Å². The van der Waals surface area contributed by atoms with Crippen molar-refractivity contribution in [2.75, 3.05) is 6.54 Å². The maximum Gasteiger partial charge on any atom is 0.490 e. The van der Waals surface area contributed by atoms with E-state index in [-0.39, 0.29) is 17.9 Å². The molecular formula is C21H24F6N2O9. The van der Waals surface area contributed by atoms with Crippen molar-refractivity contribution in [2.45, 2.75) is 51.1 Å². The predicted octanol–water partition coefficient (Wildman–Crippen LogP) is 2.75. The van der Waals surface area contributed by atoms with Crippen LogP contribution in [0.25, 0.3) is 11.0 Å². The Labute approximate surface area is 209 Å². The van der Waals surface area contributed by atoms with Crippen molar-refractivity contribution in [3.05, 3.63) is 39.7 Å². The van der Waals surface area contributed by atoms with E-state index in [9.17, 15) is 46.1 Å². The second-order valence-corrected chi connectivity index (χ2v) is 7.35. The minimum absolute atomic E-state index is 0.0464. The zero-order chi connectivity index (χ0) is 29.8. The number of benzene rings is 1. The number of hydrogen-bond donors (Lipinski definition) is 6. The van der Waals surface area contributed by atoms with Gasteiger partial charge in [-0.3, -0.25) is 4.79 Å². The third-order valence-electron chi connectivity index (χ3n) is 4.45. The molecule has 0 fully saturated rings. The van der Waals surface area contributed by atoms with Crippen LogP contribution in [-0.4, -0.2) is 63.3 Å². The Bertz CT molecular complexity index is 1140. The number of aliphatic carboxylic acids is 3. The minimum atomic E-state index is -5.08. The SMILES string of the molecule is Cc1cc(=O)oc2c(CN[C@H](CCCCN)C(=O)O)c(O)ccc12.O=C(O)C(F)(F)F.O=C(O)C(F)(F)F. The number of fused-ring (bicyclic) bond motifs is 1. The number of unbranched alkanes of at least 4 members (excludes halogenated alkanes) is 1. The van der Waals surface area contributed by atoms with E-state index < -0.39 is 41.9 Å². The lowest BCUT2D eigenvalue weighted by Crippen LogP contribution is -2.36. The summed E-state index contributed by atoms with van der Waals surface area (Å²) in [6, 6.07) is 3.80. The third kappa shape index (κ3) is 11.9. The number of halogens is 6. The highest BCUT2D eigenvalue weighted by Crippen LogP contribution is 2.28. The summed E-state index contributed by atoms with van der Waals surface area (Å²) in [7, 11) is 0. The van der Waals surface area contributed by atoms with Crippen molar-refractivity contribution >= 4 is 28.9 Å². The number of carbonyl (C=O) groups is 3. The molecule has 0 aliphatic heterocycles. The standard InChI is InChI=1S/C17H22N2O5.2C2HF3O2/c1-10-8-15(21)24-16-11(10)5-6-14(20)12(16)9-19-13(17(22)23)4-2-3-7-18;2*3-2(4,5)1(6)7/h5-6,8,13,19-20H,2-4,7,9,18H2,1H3,(H,22,23);2*(H,6,7)/t13-;;/m1../s1. The van der Waals surface area contributed by atoms with Crippen LogP contribution in [-0.2, 0) is 20.9 Å². The number of nitrogens with two attached hydrogens (primary N) is 1. The Kier molecular flexibility index (Phi) is 13.3. The van der Waals surface area contributed by atoms with E-state index in [0.29, 0.717) is 30.3 Å². The molecule has 0 radical (unpaired) electrons. The summed E-state index contributed by atoms with van der Waals surface area (Å²) < 4.78 is 68.7. The second kappa shape index (κ2) is 14.8. The number of phenols is 1. The maximum atomic E-state index is 11.6. The van der Waals surface area contributed by atoms with Crippen molar-refractivity contribution < 1.29 is 65.6 Å². The van der Waals surface area contributed by atoms with Gasteiger partial charge in [0.25, 0.3) is 0 Å². The molecule has 0 aliphatic carbocycles. The molecule has 38 heavy (non-hydrogen) atoms. The molecule has 2 rings (SSSR count). The van der Waals surface area contributed by atoms with Gasteiger partial charge in [-0.1, -0.05) is 6.42 Å². The maximum absolute atomic E-state index is 11.6. The predicted molar refractivity (Wildman–Crippen MR) is 117 cm³/mol. The lowest BCUT2D eigenvalue weighted by Gasteiger charge is -2.16. The molecule has 0 amide bonds. The van der Waals surface area contributed by atoms with Crippen molar-refractivity contribution in [3.63, 3.8) is 0 Å². The highest BCUT2D eigenvalue weighted by atomic mass is 19.4. The van der Waals surface area contributed by atoms with Gasteiger partial charge in [-0.2, -0.15) is 26.3 Å². The van der Waals surface area contributed by atoms with Gasteiger partial charge in [-0.25, -0.2) is 14.4 Å². The molecule has 1 atom stereocenters. The number of rotatable bonds is 8. The summed E-state index contributed by atoms with van der Waals surface area (Å²) in [6.07, 6.45) is -8.30. The molecule has 7 N–H and O–H groups in total. The Morgan fingerprint density at radius 2 is 1.50 bits per heavy atom. The summed E-state index contributed by atoms with van der Waals surface area (Å²) >= 11 is 0. The quantitative estimate of drug-likeness (QED) is 0.157. The summed E-state index contributed by atoms with van der Waals surface area (Å²) in [5.74, 6) is -6.53. The molecule has 0 saturated heterocycles. The van der Waals surface area contributed by atoms with Gasteiger partial charge in [0.1, 0.15) is 17.4 Å². The number of nitrogens with one attached hydrogen (secondary N) is 1. The molecule has 2 aromatic rings. The Balaban J connectivity index is 0.000000804. The first-order chi connectivity index (χ1) is 17.3. The van der Waals surface area contributed by atoms with Gasteiger partial charge in [0, 0.05) is 18.0 Å². The number of phenolic OH excluding ortho intramolecular Hbond substituents is 1. The minimum Gasteiger partial charge on any atom is -0.507 e. The first-order valence-corrected chi connectivity index (χ1v) is 10.3. The molecule has 0 bridgehead atoms. The van der Waals surface area contributed by atoms with E-state index >= 15 is 0 Å². The summed E-state index contributed by atoms with van der Waals surface area (Å²) in [6.45, 7) is 2.37. The van der Waals surface area contributed by atoms with Crippen LogP contribution < -0.4 is 16.7 Å². The monoisotopic (exact) mass is 562 g/mol. The average molecular weight is 562 g/mol. The zero-order valence-corrected chi connectivity index (χ0v) is 19.5. The van der Waals surface area contributed by atoms with Crippen molar-refractivity contribution in [1.82, 2.24) is 5.32 Å². The van der Waals surface area contributed by atoms with Crippen LogP contribution in [0.4, 0.5) is 26.3 Å².